The molecule has 0 atom stereocenters. The molecule has 7 heteroatoms. The van der Waals surface area contributed by atoms with E-state index in [1.807, 2.05) is 0 Å². The Labute approximate surface area is 122 Å². The van der Waals surface area contributed by atoms with Crippen molar-refractivity contribution < 1.29 is 22.4 Å². The zero-order valence-electron chi connectivity index (χ0n) is 11.0. The highest BCUT2D eigenvalue weighted by Crippen LogP contribution is 2.33. The van der Waals surface area contributed by atoms with Crippen molar-refractivity contribution in [3.8, 4) is 11.5 Å². The Bertz CT molecular complexity index is 869. The van der Waals surface area contributed by atoms with Gasteiger partial charge in [0, 0.05) is 5.56 Å². The van der Waals surface area contributed by atoms with Crippen molar-refractivity contribution in [2.24, 2.45) is 5.73 Å². The van der Waals surface area contributed by atoms with Gasteiger partial charge in [0.05, 0.1) is 11.1 Å². The van der Waals surface area contributed by atoms with Crippen LogP contribution < -0.4 is 5.73 Å². The van der Waals surface area contributed by atoms with Gasteiger partial charge in [-0.1, -0.05) is 12.1 Å². The minimum Gasteiger partial charge on any atom is -0.436 e. The van der Waals surface area contributed by atoms with E-state index >= 15 is 0 Å². The number of carbonyl (C=O) groups excluding carboxylic acids is 1. The summed E-state index contributed by atoms with van der Waals surface area (Å²) in [5, 5.41) is 0. The molecule has 0 saturated carbocycles. The van der Waals surface area contributed by atoms with Gasteiger partial charge in [-0.15, -0.1) is 0 Å². The molecular formula is C15H9F3N2O2. The second kappa shape index (κ2) is 4.87. The van der Waals surface area contributed by atoms with Crippen LogP contribution in [0.2, 0.25) is 0 Å². The molecule has 1 heterocycles. The minimum atomic E-state index is -4.46. The van der Waals surface area contributed by atoms with Gasteiger partial charge in [-0.3, -0.25) is 4.79 Å². The third-order valence-electron chi connectivity index (χ3n) is 3.14. The van der Waals surface area contributed by atoms with Crippen molar-refractivity contribution in [3.63, 3.8) is 0 Å². The van der Waals surface area contributed by atoms with Crippen LogP contribution in [0.3, 0.4) is 0 Å². The first-order chi connectivity index (χ1) is 10.4. The summed E-state index contributed by atoms with van der Waals surface area (Å²) in [5.41, 5.74) is 5.23. The molecule has 112 valence electrons. The number of nitrogens with two attached hydrogens (primary N) is 1. The highest BCUT2D eigenvalue weighted by molar-refractivity contribution is 5.99. The van der Waals surface area contributed by atoms with Crippen LogP contribution in [0.1, 0.15) is 15.9 Å². The number of hydrogen-bond donors (Lipinski definition) is 1. The van der Waals surface area contributed by atoms with Crippen LogP contribution in [0.5, 0.6) is 0 Å². The molecule has 2 N–H and O–H groups in total. The molecule has 0 radical (unpaired) electrons. The van der Waals surface area contributed by atoms with Gasteiger partial charge >= 0.3 is 6.18 Å². The van der Waals surface area contributed by atoms with Crippen LogP contribution in [0.15, 0.2) is 46.9 Å². The lowest BCUT2D eigenvalue weighted by atomic mass is 10.1. The van der Waals surface area contributed by atoms with E-state index in [0.717, 1.165) is 12.1 Å². The zero-order valence-corrected chi connectivity index (χ0v) is 11.0. The van der Waals surface area contributed by atoms with Crippen LogP contribution >= 0.6 is 0 Å². The maximum absolute atomic E-state index is 12.7. The van der Waals surface area contributed by atoms with Gasteiger partial charge in [-0.2, -0.15) is 13.2 Å². The number of hydrogen-bond acceptors (Lipinski definition) is 3. The maximum Gasteiger partial charge on any atom is 0.416 e. The van der Waals surface area contributed by atoms with Gasteiger partial charge in [-0.05, 0) is 30.3 Å². The highest BCUT2D eigenvalue weighted by atomic mass is 19.4. The number of aromatic nitrogens is 1. The largest absolute Gasteiger partial charge is 0.436 e. The van der Waals surface area contributed by atoms with E-state index < -0.39 is 17.6 Å². The number of amides is 1. The lowest BCUT2D eigenvalue weighted by Gasteiger charge is -2.04. The van der Waals surface area contributed by atoms with E-state index in [0.29, 0.717) is 5.56 Å². The lowest BCUT2D eigenvalue weighted by Crippen LogP contribution is -2.12. The van der Waals surface area contributed by atoms with Crippen molar-refractivity contribution in [1.82, 2.24) is 4.98 Å². The van der Waals surface area contributed by atoms with Gasteiger partial charge in [0.25, 0.3) is 0 Å². The molecule has 0 saturated heterocycles. The topological polar surface area (TPSA) is 69.1 Å². The SMILES string of the molecule is NC(=O)c1ccccc1-c1nc2cc(C(F)(F)F)ccc2o1. The molecule has 0 aliphatic heterocycles. The molecule has 0 aliphatic carbocycles. The Morgan fingerprint density at radius 1 is 1.14 bits per heavy atom. The summed E-state index contributed by atoms with van der Waals surface area (Å²) in [4.78, 5) is 15.4. The number of fused-ring (bicyclic) bond motifs is 1. The fourth-order valence-electron chi connectivity index (χ4n) is 2.10. The molecule has 3 aromatic rings. The predicted octanol–water partition coefficient (Wildman–Crippen LogP) is 3.61. The highest BCUT2D eigenvalue weighted by Gasteiger charge is 2.31. The first-order valence-corrected chi connectivity index (χ1v) is 6.23. The number of primary amides is 1. The van der Waals surface area contributed by atoms with Crippen molar-refractivity contribution in [3.05, 3.63) is 53.6 Å². The normalized spacial score (nSPS) is 11.8. The number of alkyl halides is 3. The Kier molecular flexibility index (Phi) is 3.13. The van der Waals surface area contributed by atoms with E-state index in [2.05, 4.69) is 4.98 Å². The molecule has 4 nitrogen and oxygen atoms in total. The van der Waals surface area contributed by atoms with Crippen molar-refractivity contribution in [2.75, 3.05) is 0 Å². The molecule has 0 fully saturated rings. The van der Waals surface area contributed by atoms with E-state index in [-0.39, 0.29) is 22.6 Å². The van der Waals surface area contributed by atoms with E-state index in [4.69, 9.17) is 10.2 Å². The van der Waals surface area contributed by atoms with E-state index in [1.54, 1.807) is 18.2 Å². The molecule has 0 bridgehead atoms. The van der Waals surface area contributed by atoms with Crippen LogP contribution in [0.4, 0.5) is 13.2 Å². The van der Waals surface area contributed by atoms with Gasteiger partial charge < -0.3 is 10.2 Å². The summed E-state index contributed by atoms with van der Waals surface area (Å²) >= 11 is 0. The number of benzene rings is 2. The Morgan fingerprint density at radius 2 is 1.86 bits per heavy atom. The fourth-order valence-corrected chi connectivity index (χ4v) is 2.10. The summed E-state index contributed by atoms with van der Waals surface area (Å²) in [6.45, 7) is 0. The minimum absolute atomic E-state index is 0.0451. The van der Waals surface area contributed by atoms with Gasteiger partial charge in [0.1, 0.15) is 5.52 Å². The number of nitrogens with zero attached hydrogens (tertiary/aromatic N) is 1. The molecule has 1 aromatic heterocycles. The summed E-state index contributed by atoms with van der Waals surface area (Å²) < 4.78 is 43.5. The van der Waals surface area contributed by atoms with E-state index in [9.17, 15) is 18.0 Å². The number of oxazole rings is 1. The zero-order chi connectivity index (χ0) is 15.9. The average Bonchev–Trinajstić information content (AvgIpc) is 2.89. The van der Waals surface area contributed by atoms with Gasteiger partial charge in [0.15, 0.2) is 5.58 Å². The second-order valence-electron chi connectivity index (χ2n) is 4.61. The van der Waals surface area contributed by atoms with Crippen LogP contribution in [0.25, 0.3) is 22.6 Å². The average molecular weight is 306 g/mol. The lowest BCUT2D eigenvalue weighted by molar-refractivity contribution is -0.137. The first-order valence-electron chi connectivity index (χ1n) is 6.23. The quantitative estimate of drug-likeness (QED) is 0.786. The molecule has 0 unspecified atom stereocenters. The van der Waals surface area contributed by atoms with E-state index in [1.165, 1.54) is 12.1 Å². The number of rotatable bonds is 2. The molecule has 22 heavy (non-hydrogen) atoms. The summed E-state index contributed by atoms with van der Waals surface area (Å²) in [6, 6.07) is 9.34. The third kappa shape index (κ3) is 2.41. The van der Waals surface area contributed by atoms with Gasteiger partial charge in [0.2, 0.25) is 11.8 Å². The number of carbonyl (C=O) groups is 1. The maximum atomic E-state index is 12.7. The van der Waals surface area contributed by atoms with Crippen LogP contribution in [-0.2, 0) is 6.18 Å². The van der Waals surface area contributed by atoms with Crippen LogP contribution in [0, 0.1) is 0 Å². The molecule has 0 spiro atoms. The predicted molar refractivity (Wildman–Crippen MR) is 73.0 cm³/mol. The first kappa shape index (κ1) is 14.1. The van der Waals surface area contributed by atoms with Crippen molar-refractivity contribution in [2.45, 2.75) is 6.18 Å². The molecule has 3 rings (SSSR count). The number of halogens is 3. The summed E-state index contributed by atoms with van der Waals surface area (Å²) in [6.07, 6.45) is -4.46. The standard InChI is InChI=1S/C15H9F3N2O2/c16-15(17,18)8-5-6-12-11(7-8)20-14(22-12)10-4-2-1-3-9(10)13(19)21/h1-7H,(H2,19,21). The molecular weight excluding hydrogens is 297 g/mol. The van der Waals surface area contributed by atoms with Gasteiger partial charge in [-0.25, -0.2) is 4.98 Å². The monoisotopic (exact) mass is 306 g/mol. The summed E-state index contributed by atoms with van der Waals surface area (Å²) in [5.74, 6) is -0.627. The Balaban J connectivity index is 2.16. The van der Waals surface area contributed by atoms with Crippen molar-refractivity contribution in [1.29, 1.82) is 0 Å². The Morgan fingerprint density at radius 3 is 2.55 bits per heavy atom. The molecule has 2 aromatic carbocycles. The molecule has 0 aliphatic rings. The van der Waals surface area contributed by atoms with Crippen molar-refractivity contribution >= 4 is 17.0 Å². The molecule has 1 amide bonds. The smallest absolute Gasteiger partial charge is 0.416 e. The second-order valence-corrected chi connectivity index (χ2v) is 4.61. The Hall–Kier alpha value is -2.83. The summed E-state index contributed by atoms with van der Waals surface area (Å²) in [7, 11) is 0. The third-order valence-corrected chi connectivity index (χ3v) is 3.14. The fraction of sp³-hybridized carbons (Fsp3) is 0.0667. The van der Waals surface area contributed by atoms with Crippen LogP contribution in [-0.4, -0.2) is 10.9 Å².